The van der Waals surface area contributed by atoms with E-state index in [4.69, 9.17) is 11.5 Å². The van der Waals surface area contributed by atoms with E-state index >= 15 is 0 Å². The molecule has 1 aliphatic heterocycles. The number of amides is 4. The number of carbonyl (C=O) groups excluding carboxylic acids is 2. The summed E-state index contributed by atoms with van der Waals surface area (Å²) in [7, 11) is 0. The lowest BCUT2D eigenvalue weighted by atomic mass is 10.1. The fraction of sp³-hybridized carbons (Fsp3) is 0.867. The molecule has 0 bridgehead atoms. The number of unbranched alkanes of at least 4 members (excludes halogenated alkanes) is 4. The predicted molar refractivity (Wildman–Crippen MR) is 168 cm³/mol. The molecule has 0 unspecified atom stereocenters. The second-order valence-corrected chi connectivity index (χ2v) is 11.0. The Hall–Kier alpha value is -2.52. The Balaban J connectivity index is 2.67. The van der Waals surface area contributed by atoms with Gasteiger partial charge in [0.2, 0.25) is 0 Å². The first-order valence-corrected chi connectivity index (χ1v) is 16.2. The SMILES string of the molecule is CCCCCN1CCCCCCCCN=C(N)NC(=O)N(CCCCC)CCCCCCCCN=C(N)NC1=O. The Morgan fingerprint density at radius 2 is 0.925 bits per heavy atom. The zero-order valence-electron chi connectivity index (χ0n) is 25.7. The third-order valence-electron chi connectivity index (χ3n) is 7.34. The average Bonchev–Trinajstić information content (AvgIpc) is 2.92. The quantitative estimate of drug-likeness (QED) is 0.280. The van der Waals surface area contributed by atoms with Crippen molar-refractivity contribution in [2.75, 3.05) is 39.3 Å². The largest absolute Gasteiger partial charge is 0.370 e. The van der Waals surface area contributed by atoms with Crippen LogP contribution in [0.3, 0.4) is 0 Å². The van der Waals surface area contributed by atoms with E-state index in [0.717, 1.165) is 142 Å². The molecule has 10 nitrogen and oxygen atoms in total. The smallest absolute Gasteiger partial charge is 0.324 e. The third-order valence-corrected chi connectivity index (χ3v) is 7.34. The van der Waals surface area contributed by atoms with Gasteiger partial charge in [0.25, 0.3) is 0 Å². The molecule has 4 amide bonds. The van der Waals surface area contributed by atoms with Crippen molar-refractivity contribution < 1.29 is 9.59 Å². The molecule has 0 aromatic carbocycles. The van der Waals surface area contributed by atoms with E-state index in [2.05, 4.69) is 34.5 Å². The molecule has 40 heavy (non-hydrogen) atoms. The van der Waals surface area contributed by atoms with Crippen LogP contribution in [0.2, 0.25) is 0 Å². The van der Waals surface area contributed by atoms with Crippen LogP contribution >= 0.6 is 0 Å². The number of nitrogens with zero attached hydrogens (tertiary/aromatic N) is 4. The van der Waals surface area contributed by atoms with Crippen molar-refractivity contribution in [2.45, 2.75) is 129 Å². The summed E-state index contributed by atoms with van der Waals surface area (Å²) in [6.07, 6.45) is 19.1. The van der Waals surface area contributed by atoms with Gasteiger partial charge < -0.3 is 21.3 Å². The number of nitrogens with two attached hydrogens (primary N) is 2. The van der Waals surface area contributed by atoms with Crippen molar-refractivity contribution in [3.8, 4) is 0 Å². The highest BCUT2D eigenvalue weighted by molar-refractivity contribution is 5.95. The van der Waals surface area contributed by atoms with Crippen LogP contribution < -0.4 is 22.1 Å². The van der Waals surface area contributed by atoms with Crippen molar-refractivity contribution in [1.29, 1.82) is 0 Å². The zero-order valence-corrected chi connectivity index (χ0v) is 25.7. The van der Waals surface area contributed by atoms with Crippen LogP contribution in [-0.2, 0) is 0 Å². The summed E-state index contributed by atoms with van der Waals surface area (Å²) in [6, 6.07) is -0.268. The lowest BCUT2D eigenvalue weighted by Gasteiger charge is -2.23. The monoisotopic (exact) mass is 564 g/mol. The van der Waals surface area contributed by atoms with E-state index in [1.807, 2.05) is 9.80 Å². The van der Waals surface area contributed by atoms with E-state index in [-0.39, 0.29) is 24.0 Å². The first-order chi connectivity index (χ1) is 19.5. The van der Waals surface area contributed by atoms with Crippen LogP contribution in [0.1, 0.15) is 129 Å². The Labute approximate surface area is 244 Å². The molecule has 10 heteroatoms. The van der Waals surface area contributed by atoms with Gasteiger partial charge in [-0.3, -0.25) is 20.6 Å². The summed E-state index contributed by atoms with van der Waals surface area (Å²) in [4.78, 5) is 38.2. The number of urea groups is 2. The molecule has 0 fully saturated rings. The minimum Gasteiger partial charge on any atom is -0.370 e. The molecule has 0 aromatic rings. The molecule has 1 aliphatic rings. The van der Waals surface area contributed by atoms with E-state index < -0.39 is 0 Å². The minimum absolute atomic E-state index is 0.134. The highest BCUT2D eigenvalue weighted by atomic mass is 16.2. The molecule has 0 spiro atoms. The molecule has 0 atom stereocenters. The number of guanidine groups is 2. The maximum atomic E-state index is 12.8. The van der Waals surface area contributed by atoms with E-state index in [9.17, 15) is 9.59 Å². The molecule has 0 saturated carbocycles. The van der Waals surface area contributed by atoms with Crippen LogP contribution in [-0.4, -0.2) is 73.0 Å². The second kappa shape index (κ2) is 24.3. The summed E-state index contributed by atoms with van der Waals surface area (Å²) in [5, 5.41) is 5.61. The van der Waals surface area contributed by atoms with Crippen molar-refractivity contribution in [3.05, 3.63) is 0 Å². The van der Waals surface area contributed by atoms with Gasteiger partial charge in [0, 0.05) is 39.3 Å². The van der Waals surface area contributed by atoms with Gasteiger partial charge in [0.05, 0.1) is 0 Å². The van der Waals surface area contributed by atoms with Crippen LogP contribution in [0.15, 0.2) is 9.98 Å². The first kappa shape index (κ1) is 35.5. The fourth-order valence-corrected chi connectivity index (χ4v) is 4.83. The summed E-state index contributed by atoms with van der Waals surface area (Å²) in [5.41, 5.74) is 12.1. The molecule has 6 N–H and O–H groups in total. The maximum absolute atomic E-state index is 12.8. The van der Waals surface area contributed by atoms with Gasteiger partial charge in [0.15, 0.2) is 11.9 Å². The van der Waals surface area contributed by atoms with E-state index in [1.165, 1.54) is 0 Å². The van der Waals surface area contributed by atoms with Crippen LogP contribution in [0, 0.1) is 0 Å². The number of hydrogen-bond acceptors (Lipinski definition) is 6. The van der Waals surface area contributed by atoms with Gasteiger partial charge in [0.1, 0.15) is 0 Å². The van der Waals surface area contributed by atoms with Crippen molar-refractivity contribution in [3.63, 3.8) is 0 Å². The predicted octanol–water partition coefficient (Wildman–Crippen LogP) is 5.71. The maximum Gasteiger partial charge on any atom is 0.324 e. The van der Waals surface area contributed by atoms with Gasteiger partial charge in [-0.05, 0) is 38.5 Å². The van der Waals surface area contributed by atoms with Crippen LogP contribution in [0.5, 0.6) is 0 Å². The normalized spacial score (nSPS) is 19.4. The minimum atomic E-state index is -0.134. The van der Waals surface area contributed by atoms with Crippen molar-refractivity contribution >= 4 is 24.0 Å². The second-order valence-electron chi connectivity index (χ2n) is 11.0. The lowest BCUT2D eigenvalue weighted by Crippen LogP contribution is -2.46. The lowest BCUT2D eigenvalue weighted by molar-refractivity contribution is 0.199. The molecule has 0 radical (unpaired) electrons. The Kier molecular flexibility index (Phi) is 21.6. The average molecular weight is 565 g/mol. The molecule has 0 saturated heterocycles. The number of carbonyl (C=O) groups is 2. The zero-order chi connectivity index (χ0) is 29.3. The highest BCUT2D eigenvalue weighted by Gasteiger charge is 2.15. The molecular formula is C30H60N8O2. The first-order valence-electron chi connectivity index (χ1n) is 16.2. The molecule has 0 aliphatic carbocycles. The molecule has 1 rings (SSSR count). The Morgan fingerprint density at radius 1 is 0.575 bits per heavy atom. The fourth-order valence-electron chi connectivity index (χ4n) is 4.83. The summed E-state index contributed by atoms with van der Waals surface area (Å²) >= 11 is 0. The summed E-state index contributed by atoms with van der Waals surface area (Å²) < 4.78 is 0. The van der Waals surface area contributed by atoms with Gasteiger partial charge >= 0.3 is 12.1 Å². The van der Waals surface area contributed by atoms with Gasteiger partial charge in [-0.2, -0.15) is 0 Å². The van der Waals surface area contributed by atoms with Crippen LogP contribution in [0.25, 0.3) is 0 Å². The molecule has 0 aromatic heterocycles. The topological polar surface area (TPSA) is 141 Å². The van der Waals surface area contributed by atoms with E-state index in [1.54, 1.807) is 0 Å². The number of rotatable bonds is 8. The van der Waals surface area contributed by atoms with Gasteiger partial charge in [-0.15, -0.1) is 0 Å². The van der Waals surface area contributed by atoms with Crippen LogP contribution in [0.4, 0.5) is 9.59 Å². The molecule has 1 heterocycles. The standard InChI is InChI=1S/C30H60N8O2/c1-3-5-17-23-37-25-19-13-9-7-11-16-22-34-28(32)36-30(40)38(24-18-6-4-2)26-20-14-10-8-12-15-21-33-27(31)35-29(37)39/h3-26H2,1-2H3,(H3,31,33,35,39)(H3,32,34,36,40). The number of nitrogens with one attached hydrogen (secondary N) is 2. The van der Waals surface area contributed by atoms with E-state index in [0.29, 0.717) is 13.1 Å². The number of aliphatic imine (C=N–C) groups is 2. The Morgan fingerprint density at radius 3 is 1.30 bits per heavy atom. The highest BCUT2D eigenvalue weighted by Crippen LogP contribution is 2.10. The Bertz CT molecular complexity index is 668. The summed E-state index contributed by atoms with van der Waals surface area (Å²) in [5.74, 6) is 0.438. The number of hydrogen-bond donors (Lipinski definition) is 4. The van der Waals surface area contributed by atoms with Crippen molar-refractivity contribution in [2.24, 2.45) is 21.5 Å². The third kappa shape index (κ3) is 18.7. The summed E-state index contributed by atoms with van der Waals surface area (Å²) in [6.45, 7) is 8.55. The van der Waals surface area contributed by atoms with Gasteiger partial charge in [-0.1, -0.05) is 90.9 Å². The molecular weight excluding hydrogens is 504 g/mol. The molecule has 232 valence electrons. The van der Waals surface area contributed by atoms with Gasteiger partial charge in [-0.25, -0.2) is 9.59 Å². The van der Waals surface area contributed by atoms with Crippen molar-refractivity contribution in [1.82, 2.24) is 20.4 Å².